The van der Waals surface area contributed by atoms with Crippen LogP contribution < -0.4 is 11.1 Å². The van der Waals surface area contributed by atoms with Gasteiger partial charge in [-0.1, -0.05) is 19.8 Å². The minimum absolute atomic E-state index is 0.0894. The number of aryl methyl sites for hydroxylation is 1. The summed E-state index contributed by atoms with van der Waals surface area (Å²) in [4.78, 5) is 15.8. The van der Waals surface area contributed by atoms with Crippen LogP contribution in [0, 0.1) is 6.92 Å². The molecule has 0 unspecified atom stereocenters. The SMILES string of the molecule is CCCCCNC(=O)c1cc(N)cnc1C. The van der Waals surface area contributed by atoms with Crippen LogP contribution in [0.5, 0.6) is 0 Å². The van der Waals surface area contributed by atoms with E-state index in [4.69, 9.17) is 5.73 Å². The quantitative estimate of drug-likeness (QED) is 0.746. The average Bonchev–Trinajstić information content (AvgIpc) is 2.27. The molecule has 3 N–H and O–H groups in total. The number of amides is 1. The van der Waals surface area contributed by atoms with Gasteiger partial charge >= 0.3 is 0 Å². The van der Waals surface area contributed by atoms with Crippen molar-refractivity contribution >= 4 is 11.6 Å². The fraction of sp³-hybridized carbons (Fsp3) is 0.500. The Bertz CT molecular complexity index is 363. The molecule has 1 heterocycles. The molecule has 1 aromatic heterocycles. The highest BCUT2D eigenvalue weighted by Crippen LogP contribution is 2.09. The topological polar surface area (TPSA) is 68.0 Å². The van der Waals surface area contributed by atoms with Crippen LogP contribution >= 0.6 is 0 Å². The fourth-order valence-corrected chi connectivity index (χ4v) is 1.45. The molecule has 16 heavy (non-hydrogen) atoms. The Morgan fingerprint density at radius 2 is 2.25 bits per heavy atom. The second-order valence-electron chi connectivity index (χ2n) is 3.86. The number of pyridine rings is 1. The van der Waals surface area contributed by atoms with Crippen LogP contribution in [0.2, 0.25) is 0 Å². The van der Waals surface area contributed by atoms with E-state index >= 15 is 0 Å². The molecule has 1 rings (SSSR count). The number of nitrogens with one attached hydrogen (secondary N) is 1. The normalized spacial score (nSPS) is 10.1. The Hall–Kier alpha value is -1.58. The zero-order valence-electron chi connectivity index (χ0n) is 9.92. The maximum absolute atomic E-state index is 11.8. The molecule has 0 radical (unpaired) electrons. The van der Waals surface area contributed by atoms with Crippen LogP contribution in [0.1, 0.15) is 42.2 Å². The number of nitrogens with two attached hydrogens (primary N) is 1. The standard InChI is InChI=1S/C12H19N3O/c1-3-4-5-6-14-12(16)11-7-10(13)8-15-9(11)2/h7-8H,3-6,13H2,1-2H3,(H,14,16). The van der Waals surface area contributed by atoms with Crippen LogP contribution in [0.25, 0.3) is 0 Å². The van der Waals surface area contributed by atoms with E-state index in [2.05, 4.69) is 17.2 Å². The van der Waals surface area contributed by atoms with Crippen molar-refractivity contribution in [1.82, 2.24) is 10.3 Å². The highest BCUT2D eigenvalue weighted by atomic mass is 16.1. The monoisotopic (exact) mass is 221 g/mol. The lowest BCUT2D eigenvalue weighted by atomic mass is 10.1. The van der Waals surface area contributed by atoms with Gasteiger partial charge in [0, 0.05) is 6.54 Å². The van der Waals surface area contributed by atoms with Crippen molar-refractivity contribution in [2.45, 2.75) is 33.1 Å². The van der Waals surface area contributed by atoms with Crippen LogP contribution in [0.15, 0.2) is 12.3 Å². The summed E-state index contributed by atoms with van der Waals surface area (Å²) in [6, 6.07) is 1.66. The van der Waals surface area contributed by atoms with E-state index in [1.807, 2.05) is 0 Å². The maximum atomic E-state index is 11.8. The van der Waals surface area contributed by atoms with E-state index < -0.39 is 0 Å². The molecule has 0 aromatic carbocycles. The third-order valence-corrected chi connectivity index (χ3v) is 2.42. The molecule has 0 aliphatic rings. The molecule has 0 saturated heterocycles. The van der Waals surface area contributed by atoms with Gasteiger partial charge in [-0.05, 0) is 19.4 Å². The number of rotatable bonds is 5. The molecule has 0 bridgehead atoms. The molecule has 0 saturated carbocycles. The van der Waals surface area contributed by atoms with E-state index in [0.29, 0.717) is 23.5 Å². The van der Waals surface area contributed by atoms with Gasteiger partial charge in [0.2, 0.25) is 0 Å². The Labute approximate surface area is 96.3 Å². The van der Waals surface area contributed by atoms with Crippen LogP contribution in [0.3, 0.4) is 0 Å². The van der Waals surface area contributed by atoms with Gasteiger partial charge in [0.1, 0.15) is 0 Å². The summed E-state index contributed by atoms with van der Waals surface area (Å²) < 4.78 is 0. The molecule has 0 aliphatic carbocycles. The number of nitrogens with zero attached hydrogens (tertiary/aromatic N) is 1. The van der Waals surface area contributed by atoms with Crippen LogP contribution in [-0.4, -0.2) is 17.4 Å². The van der Waals surface area contributed by atoms with Gasteiger partial charge in [-0.25, -0.2) is 0 Å². The third kappa shape index (κ3) is 3.53. The van der Waals surface area contributed by atoms with Crippen molar-refractivity contribution in [3.05, 3.63) is 23.5 Å². The second-order valence-corrected chi connectivity index (χ2v) is 3.86. The summed E-state index contributed by atoms with van der Waals surface area (Å²) in [5, 5.41) is 2.87. The van der Waals surface area contributed by atoms with Crippen LogP contribution in [0.4, 0.5) is 5.69 Å². The fourth-order valence-electron chi connectivity index (χ4n) is 1.45. The summed E-state index contributed by atoms with van der Waals surface area (Å²) in [7, 11) is 0. The van der Waals surface area contributed by atoms with Crippen molar-refractivity contribution in [3.8, 4) is 0 Å². The second kappa shape index (κ2) is 6.10. The summed E-state index contributed by atoms with van der Waals surface area (Å²) >= 11 is 0. The van der Waals surface area contributed by atoms with Gasteiger partial charge in [-0.3, -0.25) is 9.78 Å². The highest BCUT2D eigenvalue weighted by molar-refractivity contribution is 5.95. The van der Waals surface area contributed by atoms with Gasteiger partial charge < -0.3 is 11.1 Å². The average molecular weight is 221 g/mol. The zero-order valence-corrected chi connectivity index (χ0v) is 9.92. The predicted molar refractivity (Wildman–Crippen MR) is 65.2 cm³/mol. The molecule has 88 valence electrons. The highest BCUT2D eigenvalue weighted by Gasteiger charge is 2.09. The number of carbonyl (C=O) groups is 1. The molecule has 0 atom stereocenters. The number of nitrogen functional groups attached to an aromatic ring is 1. The first kappa shape index (κ1) is 12.5. The van der Waals surface area contributed by atoms with Crippen molar-refractivity contribution in [2.75, 3.05) is 12.3 Å². The van der Waals surface area contributed by atoms with Gasteiger partial charge in [-0.2, -0.15) is 0 Å². The maximum Gasteiger partial charge on any atom is 0.253 e. The largest absolute Gasteiger partial charge is 0.397 e. The lowest BCUT2D eigenvalue weighted by molar-refractivity contribution is 0.0952. The molecule has 1 amide bonds. The van der Waals surface area contributed by atoms with Gasteiger partial charge in [-0.15, -0.1) is 0 Å². The molecule has 0 aliphatic heterocycles. The third-order valence-electron chi connectivity index (χ3n) is 2.42. The lowest BCUT2D eigenvalue weighted by Crippen LogP contribution is -2.25. The Morgan fingerprint density at radius 3 is 2.94 bits per heavy atom. The summed E-state index contributed by atoms with van der Waals surface area (Å²) in [5.74, 6) is -0.0894. The Kier molecular flexibility index (Phi) is 4.76. The first-order chi connectivity index (χ1) is 7.65. The Balaban J connectivity index is 2.55. The molecule has 0 spiro atoms. The minimum atomic E-state index is -0.0894. The molecular weight excluding hydrogens is 202 g/mol. The smallest absolute Gasteiger partial charge is 0.253 e. The molecule has 4 nitrogen and oxygen atoms in total. The lowest BCUT2D eigenvalue weighted by Gasteiger charge is -2.07. The first-order valence-corrected chi connectivity index (χ1v) is 5.65. The number of aromatic nitrogens is 1. The number of unbranched alkanes of at least 4 members (excludes halogenated alkanes) is 2. The number of hydrogen-bond acceptors (Lipinski definition) is 3. The summed E-state index contributed by atoms with van der Waals surface area (Å²) in [6.45, 7) is 4.65. The minimum Gasteiger partial charge on any atom is -0.397 e. The van der Waals surface area contributed by atoms with E-state index in [1.54, 1.807) is 19.2 Å². The van der Waals surface area contributed by atoms with Crippen molar-refractivity contribution in [3.63, 3.8) is 0 Å². The molecule has 1 aromatic rings. The predicted octanol–water partition coefficient (Wildman–Crippen LogP) is 1.89. The first-order valence-electron chi connectivity index (χ1n) is 5.65. The van der Waals surface area contributed by atoms with Crippen molar-refractivity contribution in [2.24, 2.45) is 0 Å². The number of carbonyl (C=O) groups excluding carboxylic acids is 1. The van der Waals surface area contributed by atoms with Crippen molar-refractivity contribution in [1.29, 1.82) is 0 Å². The van der Waals surface area contributed by atoms with Gasteiger partial charge in [0.25, 0.3) is 5.91 Å². The van der Waals surface area contributed by atoms with Gasteiger partial charge in [0.15, 0.2) is 0 Å². The molecular formula is C12H19N3O. The van der Waals surface area contributed by atoms with Gasteiger partial charge in [0.05, 0.1) is 23.1 Å². The Morgan fingerprint density at radius 1 is 1.50 bits per heavy atom. The van der Waals surface area contributed by atoms with E-state index in [-0.39, 0.29) is 5.91 Å². The summed E-state index contributed by atoms with van der Waals surface area (Å²) in [6.07, 6.45) is 4.85. The number of hydrogen-bond donors (Lipinski definition) is 2. The molecule has 4 heteroatoms. The summed E-state index contributed by atoms with van der Waals surface area (Å²) in [5.41, 5.74) is 7.39. The molecule has 0 fully saturated rings. The van der Waals surface area contributed by atoms with E-state index in [1.165, 1.54) is 0 Å². The van der Waals surface area contributed by atoms with Crippen LogP contribution in [-0.2, 0) is 0 Å². The van der Waals surface area contributed by atoms with E-state index in [0.717, 1.165) is 19.3 Å². The zero-order chi connectivity index (χ0) is 12.0. The number of anilines is 1. The van der Waals surface area contributed by atoms with E-state index in [9.17, 15) is 4.79 Å². The van der Waals surface area contributed by atoms with Crippen molar-refractivity contribution < 1.29 is 4.79 Å².